The molecular weight excluding hydrogens is 230 g/mol. The van der Waals surface area contributed by atoms with Crippen molar-refractivity contribution >= 4 is 0 Å². The van der Waals surface area contributed by atoms with Crippen LogP contribution in [0.1, 0.15) is 77.2 Å². The van der Waals surface area contributed by atoms with Gasteiger partial charge in [0.15, 0.2) is 12.4 Å². The first-order valence-corrected chi connectivity index (χ1v) is 8.34. The fourth-order valence-electron chi connectivity index (χ4n) is 2.52. The second-order valence-electron chi connectivity index (χ2n) is 5.67. The van der Waals surface area contributed by atoms with Crippen molar-refractivity contribution in [2.75, 3.05) is 0 Å². The first-order valence-electron chi connectivity index (χ1n) is 8.34. The van der Waals surface area contributed by atoms with Gasteiger partial charge in [0.25, 0.3) is 0 Å². The molecule has 0 aliphatic rings. The van der Waals surface area contributed by atoms with E-state index in [1.54, 1.807) is 0 Å². The van der Waals surface area contributed by atoms with Gasteiger partial charge in [0.2, 0.25) is 0 Å². The lowest BCUT2D eigenvalue weighted by molar-refractivity contribution is -0.697. The van der Waals surface area contributed by atoms with Gasteiger partial charge in [0, 0.05) is 18.1 Å². The first kappa shape index (κ1) is 16.2. The first-order chi connectivity index (χ1) is 9.36. The Bertz CT molecular complexity index is 319. The standard InChI is InChI=1S/C18H32N/c1-3-5-7-9-11-15-19-16-12-14-18(17-19)13-10-8-6-4-2/h12,14,16-17H,3-11,13,15H2,1-2H3/q+1. The number of aromatic nitrogens is 1. The molecule has 0 aliphatic carbocycles. The molecule has 0 aromatic carbocycles. The van der Waals surface area contributed by atoms with Gasteiger partial charge in [-0.25, -0.2) is 4.57 Å². The Balaban J connectivity index is 2.23. The van der Waals surface area contributed by atoms with E-state index in [1.165, 1.54) is 76.3 Å². The van der Waals surface area contributed by atoms with Gasteiger partial charge in [-0.05, 0) is 25.3 Å². The number of rotatable bonds is 11. The average molecular weight is 262 g/mol. The van der Waals surface area contributed by atoms with Crippen molar-refractivity contribution in [1.29, 1.82) is 0 Å². The molecule has 0 fully saturated rings. The Morgan fingerprint density at radius 1 is 0.842 bits per heavy atom. The average Bonchev–Trinajstić information content (AvgIpc) is 2.44. The minimum absolute atomic E-state index is 1.19. The summed E-state index contributed by atoms with van der Waals surface area (Å²) < 4.78 is 2.38. The molecule has 0 saturated heterocycles. The van der Waals surface area contributed by atoms with Crippen LogP contribution < -0.4 is 4.57 Å². The summed E-state index contributed by atoms with van der Waals surface area (Å²) in [6.45, 7) is 5.73. The summed E-state index contributed by atoms with van der Waals surface area (Å²) >= 11 is 0. The van der Waals surface area contributed by atoms with Gasteiger partial charge < -0.3 is 0 Å². The van der Waals surface area contributed by atoms with Crippen LogP contribution >= 0.6 is 0 Å². The van der Waals surface area contributed by atoms with Gasteiger partial charge in [-0.2, -0.15) is 0 Å². The van der Waals surface area contributed by atoms with E-state index in [1.807, 2.05) is 0 Å². The topological polar surface area (TPSA) is 3.88 Å². The van der Waals surface area contributed by atoms with Crippen molar-refractivity contribution in [1.82, 2.24) is 0 Å². The Morgan fingerprint density at radius 2 is 1.53 bits per heavy atom. The molecule has 0 unspecified atom stereocenters. The second kappa shape index (κ2) is 11.0. The van der Waals surface area contributed by atoms with E-state index in [9.17, 15) is 0 Å². The van der Waals surface area contributed by atoms with Crippen LogP contribution in [0.4, 0.5) is 0 Å². The quantitative estimate of drug-likeness (QED) is 0.387. The summed E-state index contributed by atoms with van der Waals surface area (Å²) in [5, 5.41) is 0. The highest BCUT2D eigenvalue weighted by Gasteiger charge is 2.02. The summed E-state index contributed by atoms with van der Waals surface area (Å²) in [4.78, 5) is 0. The minimum Gasteiger partial charge on any atom is -0.205 e. The zero-order valence-corrected chi connectivity index (χ0v) is 13.0. The summed E-state index contributed by atoms with van der Waals surface area (Å²) in [6, 6.07) is 4.49. The van der Waals surface area contributed by atoms with Crippen molar-refractivity contribution < 1.29 is 4.57 Å². The maximum Gasteiger partial charge on any atom is 0.171 e. The zero-order chi connectivity index (χ0) is 13.8. The lowest BCUT2D eigenvalue weighted by Gasteiger charge is -2.02. The molecule has 0 radical (unpaired) electrons. The third-order valence-electron chi connectivity index (χ3n) is 3.76. The van der Waals surface area contributed by atoms with Gasteiger partial charge in [-0.3, -0.25) is 0 Å². The van der Waals surface area contributed by atoms with Crippen LogP contribution in [-0.4, -0.2) is 0 Å². The molecule has 0 atom stereocenters. The van der Waals surface area contributed by atoms with Crippen molar-refractivity contribution in [2.24, 2.45) is 0 Å². The molecule has 1 heterocycles. The van der Waals surface area contributed by atoms with E-state index in [2.05, 4.69) is 42.9 Å². The van der Waals surface area contributed by atoms with Crippen LogP contribution in [0.15, 0.2) is 24.5 Å². The number of pyridine rings is 1. The van der Waals surface area contributed by atoms with E-state index in [4.69, 9.17) is 0 Å². The molecule has 0 bridgehead atoms. The van der Waals surface area contributed by atoms with Crippen LogP contribution in [-0.2, 0) is 13.0 Å². The van der Waals surface area contributed by atoms with Crippen LogP contribution in [0.25, 0.3) is 0 Å². The van der Waals surface area contributed by atoms with Gasteiger partial charge in [0.05, 0.1) is 0 Å². The van der Waals surface area contributed by atoms with Gasteiger partial charge in [-0.15, -0.1) is 0 Å². The summed E-state index contributed by atoms with van der Waals surface area (Å²) in [7, 11) is 0. The fraction of sp³-hybridized carbons (Fsp3) is 0.722. The molecule has 1 rings (SSSR count). The lowest BCUT2D eigenvalue weighted by Crippen LogP contribution is -2.33. The number of hydrogen-bond donors (Lipinski definition) is 0. The van der Waals surface area contributed by atoms with Crippen LogP contribution in [0.3, 0.4) is 0 Å². The molecule has 0 aliphatic heterocycles. The van der Waals surface area contributed by atoms with Gasteiger partial charge >= 0.3 is 0 Å². The Morgan fingerprint density at radius 3 is 2.26 bits per heavy atom. The number of nitrogens with zero attached hydrogens (tertiary/aromatic N) is 1. The molecule has 0 amide bonds. The Labute approximate surface area is 120 Å². The molecule has 1 aromatic heterocycles. The summed E-state index contributed by atoms with van der Waals surface area (Å²) in [6.07, 6.45) is 18.1. The van der Waals surface area contributed by atoms with E-state index >= 15 is 0 Å². The zero-order valence-electron chi connectivity index (χ0n) is 13.0. The van der Waals surface area contributed by atoms with Crippen molar-refractivity contribution in [3.05, 3.63) is 30.1 Å². The Kier molecular flexibility index (Phi) is 9.40. The maximum absolute atomic E-state index is 2.38. The molecule has 108 valence electrons. The molecule has 0 spiro atoms. The Hall–Kier alpha value is -0.850. The smallest absolute Gasteiger partial charge is 0.171 e. The van der Waals surface area contributed by atoms with E-state index in [0.29, 0.717) is 0 Å². The van der Waals surface area contributed by atoms with Crippen LogP contribution in [0.5, 0.6) is 0 Å². The normalized spacial score (nSPS) is 10.8. The molecule has 1 aromatic rings. The highest BCUT2D eigenvalue weighted by Crippen LogP contribution is 2.06. The molecule has 1 nitrogen and oxygen atoms in total. The highest BCUT2D eigenvalue weighted by atomic mass is 14.9. The van der Waals surface area contributed by atoms with Crippen molar-refractivity contribution in [3.63, 3.8) is 0 Å². The molecule has 1 heteroatoms. The second-order valence-corrected chi connectivity index (χ2v) is 5.67. The third-order valence-corrected chi connectivity index (χ3v) is 3.76. The van der Waals surface area contributed by atoms with E-state index in [0.717, 1.165) is 0 Å². The monoisotopic (exact) mass is 262 g/mol. The highest BCUT2D eigenvalue weighted by molar-refractivity contribution is 5.05. The summed E-state index contributed by atoms with van der Waals surface area (Å²) in [5.74, 6) is 0. The number of aryl methyl sites for hydroxylation is 2. The van der Waals surface area contributed by atoms with Gasteiger partial charge in [-0.1, -0.05) is 52.4 Å². The van der Waals surface area contributed by atoms with E-state index in [-0.39, 0.29) is 0 Å². The van der Waals surface area contributed by atoms with Crippen molar-refractivity contribution in [3.8, 4) is 0 Å². The van der Waals surface area contributed by atoms with Crippen LogP contribution in [0, 0.1) is 0 Å². The minimum atomic E-state index is 1.19. The third kappa shape index (κ3) is 8.02. The lowest BCUT2D eigenvalue weighted by atomic mass is 10.1. The SMILES string of the molecule is CCCCCCC[n+]1cccc(CCCCCC)c1. The molecule has 0 saturated carbocycles. The molecular formula is C18H32N+. The van der Waals surface area contributed by atoms with Crippen molar-refractivity contribution in [2.45, 2.75) is 84.6 Å². The predicted octanol–water partition coefficient (Wildman–Crippen LogP) is 5.07. The maximum atomic E-state index is 2.38. The van der Waals surface area contributed by atoms with Crippen LogP contribution in [0.2, 0.25) is 0 Å². The van der Waals surface area contributed by atoms with Gasteiger partial charge in [0.1, 0.15) is 6.54 Å². The number of hydrogen-bond acceptors (Lipinski definition) is 0. The fourth-order valence-corrected chi connectivity index (χ4v) is 2.52. The predicted molar refractivity (Wildman–Crippen MR) is 83.2 cm³/mol. The molecule has 19 heavy (non-hydrogen) atoms. The largest absolute Gasteiger partial charge is 0.205 e. The molecule has 0 N–H and O–H groups in total. The number of unbranched alkanes of at least 4 members (excludes halogenated alkanes) is 7. The van der Waals surface area contributed by atoms with E-state index < -0.39 is 0 Å². The summed E-state index contributed by atoms with van der Waals surface area (Å²) in [5.41, 5.74) is 1.51.